The molecule has 0 aliphatic rings. The predicted octanol–water partition coefficient (Wildman–Crippen LogP) is 4.34. The van der Waals surface area contributed by atoms with Gasteiger partial charge in [-0.05, 0) is 38.1 Å². The lowest BCUT2D eigenvalue weighted by Crippen LogP contribution is -2.05. The van der Waals surface area contributed by atoms with Gasteiger partial charge in [0.05, 0.1) is 18.4 Å². The molecule has 0 radical (unpaired) electrons. The maximum absolute atomic E-state index is 12.5. The van der Waals surface area contributed by atoms with Gasteiger partial charge in [-0.3, -0.25) is 4.79 Å². The molecule has 0 bridgehead atoms. The van der Waals surface area contributed by atoms with E-state index < -0.39 is 0 Å². The number of hydrogen-bond donors (Lipinski definition) is 0. The summed E-state index contributed by atoms with van der Waals surface area (Å²) in [5.74, 6) is 1.18. The van der Waals surface area contributed by atoms with Crippen LogP contribution in [-0.4, -0.2) is 28.8 Å². The molecule has 0 unspecified atom stereocenters. The van der Waals surface area contributed by atoms with Gasteiger partial charge in [0, 0.05) is 5.56 Å². The molecule has 0 atom stereocenters. The zero-order chi connectivity index (χ0) is 17.8. The molecule has 128 valence electrons. The molecule has 0 saturated heterocycles. The number of rotatable bonds is 6. The topological polar surface area (TPSA) is 65.2 Å². The normalized spacial score (nSPS) is 10.7. The van der Waals surface area contributed by atoms with Crippen molar-refractivity contribution >= 4 is 17.5 Å². The van der Waals surface area contributed by atoms with Crippen molar-refractivity contribution in [3.8, 4) is 17.2 Å². The number of nitrogens with zero attached hydrogens (tertiary/aromatic N) is 2. The number of carbonyl (C=O) groups is 1. The summed E-state index contributed by atoms with van der Waals surface area (Å²) in [6.45, 7) is 3.96. The molecule has 0 fully saturated rings. The van der Waals surface area contributed by atoms with Gasteiger partial charge in [0.15, 0.2) is 5.78 Å². The Hall–Kier alpha value is -2.60. The molecule has 0 spiro atoms. The van der Waals surface area contributed by atoms with E-state index in [4.69, 9.17) is 9.15 Å². The first-order valence-electron chi connectivity index (χ1n) is 7.78. The summed E-state index contributed by atoms with van der Waals surface area (Å²) in [6, 6.07) is 13.4. The van der Waals surface area contributed by atoms with Crippen molar-refractivity contribution in [2.45, 2.75) is 19.1 Å². The molecule has 1 heterocycles. The van der Waals surface area contributed by atoms with Gasteiger partial charge >= 0.3 is 0 Å². The Bertz CT molecular complexity index is 888. The first-order chi connectivity index (χ1) is 12.1. The summed E-state index contributed by atoms with van der Waals surface area (Å²) in [5.41, 5.74) is 3.59. The monoisotopic (exact) mass is 354 g/mol. The number of aromatic nitrogens is 2. The highest BCUT2D eigenvalue weighted by Gasteiger charge is 2.15. The lowest BCUT2D eigenvalue weighted by atomic mass is 10.1. The molecule has 3 aromatic rings. The van der Waals surface area contributed by atoms with Crippen molar-refractivity contribution in [1.29, 1.82) is 0 Å². The van der Waals surface area contributed by atoms with Crippen LogP contribution in [0.1, 0.15) is 21.5 Å². The smallest absolute Gasteiger partial charge is 0.277 e. The average Bonchev–Trinajstić information content (AvgIpc) is 3.09. The first-order valence-corrected chi connectivity index (χ1v) is 8.76. The van der Waals surface area contributed by atoms with Crippen LogP contribution in [0.15, 0.2) is 52.1 Å². The second kappa shape index (κ2) is 7.53. The van der Waals surface area contributed by atoms with E-state index >= 15 is 0 Å². The molecule has 0 N–H and O–H groups in total. The average molecular weight is 354 g/mol. The van der Waals surface area contributed by atoms with Crippen molar-refractivity contribution in [3.05, 3.63) is 59.2 Å². The number of methoxy groups -OCH3 is 1. The number of carbonyl (C=O) groups excluding carboxylic acids is 1. The van der Waals surface area contributed by atoms with Gasteiger partial charge in [0.1, 0.15) is 5.75 Å². The Morgan fingerprint density at radius 3 is 2.52 bits per heavy atom. The van der Waals surface area contributed by atoms with Crippen molar-refractivity contribution in [2.75, 3.05) is 12.9 Å². The molecular formula is C19H18N2O3S. The quantitative estimate of drug-likeness (QED) is 0.485. The van der Waals surface area contributed by atoms with Crippen molar-refractivity contribution in [1.82, 2.24) is 10.2 Å². The van der Waals surface area contributed by atoms with E-state index in [1.54, 1.807) is 13.2 Å². The van der Waals surface area contributed by atoms with Gasteiger partial charge in [-0.2, -0.15) is 0 Å². The zero-order valence-corrected chi connectivity index (χ0v) is 15.1. The predicted molar refractivity (Wildman–Crippen MR) is 97.3 cm³/mol. The fourth-order valence-corrected chi connectivity index (χ4v) is 2.97. The van der Waals surface area contributed by atoms with Gasteiger partial charge in [-0.1, -0.05) is 41.1 Å². The minimum absolute atomic E-state index is 0.0411. The van der Waals surface area contributed by atoms with E-state index in [2.05, 4.69) is 10.2 Å². The maximum atomic E-state index is 12.5. The third-order valence-electron chi connectivity index (χ3n) is 3.69. The summed E-state index contributed by atoms with van der Waals surface area (Å²) >= 11 is 1.22. The van der Waals surface area contributed by atoms with E-state index in [9.17, 15) is 4.79 Å². The molecule has 5 nitrogen and oxygen atoms in total. The molecule has 25 heavy (non-hydrogen) atoms. The minimum atomic E-state index is -0.0411. The fraction of sp³-hybridized carbons (Fsp3) is 0.211. The zero-order valence-electron chi connectivity index (χ0n) is 14.3. The molecule has 0 aliphatic carbocycles. The van der Waals surface area contributed by atoms with Crippen molar-refractivity contribution in [2.24, 2.45) is 0 Å². The van der Waals surface area contributed by atoms with E-state index in [1.165, 1.54) is 11.8 Å². The van der Waals surface area contributed by atoms with E-state index in [0.29, 0.717) is 22.4 Å². The number of benzene rings is 2. The van der Waals surface area contributed by atoms with E-state index in [1.807, 2.05) is 50.2 Å². The third-order valence-corrected chi connectivity index (χ3v) is 4.51. The van der Waals surface area contributed by atoms with E-state index in [-0.39, 0.29) is 11.5 Å². The summed E-state index contributed by atoms with van der Waals surface area (Å²) in [5, 5.41) is 8.42. The lowest BCUT2D eigenvalue weighted by Gasteiger charge is -2.07. The number of ketones is 1. The SMILES string of the molecule is COc1ccc(C)cc1C(=O)CSc1nnc(-c2ccc(C)cc2)o1. The molecular weight excluding hydrogens is 336 g/mol. The van der Waals surface area contributed by atoms with Crippen molar-refractivity contribution < 1.29 is 13.9 Å². The fourth-order valence-electron chi connectivity index (χ4n) is 2.33. The number of Topliss-reactive ketones (excluding diaryl/α,β-unsaturated/α-hetero) is 1. The molecule has 2 aromatic carbocycles. The Kier molecular flexibility index (Phi) is 5.19. The van der Waals surface area contributed by atoms with Crippen LogP contribution in [0.5, 0.6) is 5.75 Å². The van der Waals surface area contributed by atoms with Crippen LogP contribution in [0, 0.1) is 13.8 Å². The van der Waals surface area contributed by atoms with Crippen LogP contribution in [0.3, 0.4) is 0 Å². The van der Waals surface area contributed by atoms with Gasteiger partial charge in [0.2, 0.25) is 5.89 Å². The molecule has 0 saturated carbocycles. The van der Waals surface area contributed by atoms with Crippen LogP contribution in [0.2, 0.25) is 0 Å². The second-order valence-corrected chi connectivity index (χ2v) is 6.58. The highest BCUT2D eigenvalue weighted by atomic mass is 32.2. The Morgan fingerprint density at radius 2 is 1.80 bits per heavy atom. The number of thioether (sulfide) groups is 1. The largest absolute Gasteiger partial charge is 0.496 e. The second-order valence-electron chi connectivity index (χ2n) is 5.65. The van der Waals surface area contributed by atoms with Crippen molar-refractivity contribution in [3.63, 3.8) is 0 Å². The number of hydrogen-bond acceptors (Lipinski definition) is 6. The molecule has 0 amide bonds. The van der Waals surface area contributed by atoms with Gasteiger partial charge < -0.3 is 9.15 Å². The van der Waals surface area contributed by atoms with Crippen LogP contribution in [0.25, 0.3) is 11.5 Å². The maximum Gasteiger partial charge on any atom is 0.277 e. The number of aryl methyl sites for hydroxylation is 2. The third kappa shape index (κ3) is 4.09. The Balaban J connectivity index is 1.69. The standard InChI is InChI=1S/C19H18N2O3S/c1-12-4-7-14(8-5-12)18-20-21-19(24-18)25-11-16(22)15-10-13(2)6-9-17(15)23-3/h4-10H,11H2,1-3H3. The number of ether oxygens (including phenoxy) is 1. The van der Waals surface area contributed by atoms with Crippen LogP contribution < -0.4 is 4.74 Å². The molecule has 3 rings (SSSR count). The highest BCUT2D eigenvalue weighted by molar-refractivity contribution is 7.99. The van der Waals surface area contributed by atoms with Gasteiger partial charge in [0.25, 0.3) is 5.22 Å². The summed E-state index contributed by atoms with van der Waals surface area (Å²) in [7, 11) is 1.56. The summed E-state index contributed by atoms with van der Waals surface area (Å²) in [4.78, 5) is 12.5. The van der Waals surface area contributed by atoms with Gasteiger partial charge in [-0.25, -0.2) is 0 Å². The Labute approximate surface area is 150 Å². The Morgan fingerprint density at radius 1 is 1.08 bits per heavy atom. The first kappa shape index (κ1) is 17.2. The molecule has 0 aliphatic heterocycles. The molecule has 1 aromatic heterocycles. The van der Waals surface area contributed by atoms with Crippen LogP contribution in [-0.2, 0) is 0 Å². The lowest BCUT2D eigenvalue weighted by molar-refractivity contribution is 0.101. The van der Waals surface area contributed by atoms with Crippen LogP contribution in [0.4, 0.5) is 0 Å². The molecule has 6 heteroatoms. The summed E-state index contributed by atoms with van der Waals surface area (Å²) in [6.07, 6.45) is 0. The minimum Gasteiger partial charge on any atom is -0.496 e. The highest BCUT2D eigenvalue weighted by Crippen LogP contribution is 2.26. The van der Waals surface area contributed by atoms with Gasteiger partial charge in [-0.15, -0.1) is 10.2 Å². The summed E-state index contributed by atoms with van der Waals surface area (Å²) < 4.78 is 10.9. The van der Waals surface area contributed by atoms with Crippen LogP contribution >= 0.6 is 11.8 Å². The van der Waals surface area contributed by atoms with E-state index in [0.717, 1.165) is 16.7 Å².